The van der Waals surface area contributed by atoms with Gasteiger partial charge < -0.3 is 30.4 Å². The number of ether oxygens (including phenoxy) is 3. The SMILES string of the molecule is COCCOCCOCC(=O)NCCC(N)C(=O)O. The van der Waals surface area contributed by atoms with Gasteiger partial charge in [-0.25, -0.2) is 0 Å². The Morgan fingerprint density at radius 3 is 2.47 bits per heavy atom. The van der Waals surface area contributed by atoms with Gasteiger partial charge in [0.15, 0.2) is 0 Å². The molecule has 0 radical (unpaired) electrons. The molecule has 1 atom stereocenters. The normalized spacial score (nSPS) is 12.1. The standard InChI is InChI=1S/C11H22N2O6/c1-17-4-5-18-6-7-19-8-10(14)13-3-2-9(12)11(15)16/h9H,2-8,12H2,1H3,(H,13,14)(H,15,16). The highest BCUT2D eigenvalue weighted by Gasteiger charge is 2.11. The molecule has 0 aromatic carbocycles. The number of carboxylic acid groups (broad SMARTS) is 1. The van der Waals surface area contributed by atoms with E-state index in [-0.39, 0.29) is 25.5 Å². The fourth-order valence-electron chi connectivity index (χ4n) is 1.07. The van der Waals surface area contributed by atoms with Gasteiger partial charge in [0.25, 0.3) is 0 Å². The first-order valence-electron chi connectivity index (χ1n) is 5.97. The number of carbonyl (C=O) groups excluding carboxylic acids is 1. The highest BCUT2D eigenvalue weighted by Crippen LogP contribution is 1.86. The summed E-state index contributed by atoms with van der Waals surface area (Å²) in [6.07, 6.45) is 0.182. The van der Waals surface area contributed by atoms with E-state index in [9.17, 15) is 9.59 Å². The third-order valence-corrected chi connectivity index (χ3v) is 2.13. The van der Waals surface area contributed by atoms with E-state index in [1.165, 1.54) is 0 Å². The summed E-state index contributed by atoms with van der Waals surface area (Å²) in [6, 6.07) is -0.963. The largest absolute Gasteiger partial charge is 0.480 e. The van der Waals surface area contributed by atoms with Crippen LogP contribution in [0.2, 0.25) is 0 Å². The summed E-state index contributed by atoms with van der Waals surface area (Å²) >= 11 is 0. The van der Waals surface area contributed by atoms with Crippen molar-refractivity contribution < 1.29 is 28.9 Å². The van der Waals surface area contributed by atoms with Crippen molar-refractivity contribution in [1.29, 1.82) is 0 Å². The molecule has 0 aliphatic rings. The molecule has 1 unspecified atom stereocenters. The smallest absolute Gasteiger partial charge is 0.320 e. The average molecular weight is 278 g/mol. The molecule has 0 bridgehead atoms. The Morgan fingerprint density at radius 1 is 1.21 bits per heavy atom. The van der Waals surface area contributed by atoms with E-state index in [0.29, 0.717) is 26.4 Å². The van der Waals surface area contributed by atoms with Crippen molar-refractivity contribution in [1.82, 2.24) is 5.32 Å². The summed E-state index contributed by atoms with van der Waals surface area (Å²) in [4.78, 5) is 21.7. The van der Waals surface area contributed by atoms with Crippen LogP contribution in [0.5, 0.6) is 0 Å². The topological polar surface area (TPSA) is 120 Å². The highest BCUT2D eigenvalue weighted by atomic mass is 16.5. The van der Waals surface area contributed by atoms with Gasteiger partial charge >= 0.3 is 5.97 Å². The maximum Gasteiger partial charge on any atom is 0.320 e. The van der Waals surface area contributed by atoms with Crippen LogP contribution in [0.25, 0.3) is 0 Å². The van der Waals surface area contributed by atoms with Crippen LogP contribution in [0, 0.1) is 0 Å². The van der Waals surface area contributed by atoms with Gasteiger partial charge in [-0.15, -0.1) is 0 Å². The molecule has 0 spiro atoms. The van der Waals surface area contributed by atoms with Crippen LogP contribution in [0.3, 0.4) is 0 Å². The van der Waals surface area contributed by atoms with E-state index in [4.69, 9.17) is 25.1 Å². The summed E-state index contributed by atoms with van der Waals surface area (Å²) in [5.74, 6) is -1.40. The summed E-state index contributed by atoms with van der Waals surface area (Å²) in [6.45, 7) is 1.83. The molecule has 0 heterocycles. The Labute approximate surface area is 112 Å². The number of aliphatic carboxylic acids is 1. The van der Waals surface area contributed by atoms with Crippen LogP contribution in [0.1, 0.15) is 6.42 Å². The van der Waals surface area contributed by atoms with Gasteiger partial charge in [0, 0.05) is 13.7 Å². The molecule has 0 aromatic rings. The molecule has 19 heavy (non-hydrogen) atoms. The van der Waals surface area contributed by atoms with Gasteiger partial charge in [0.2, 0.25) is 5.91 Å². The molecule has 0 aliphatic heterocycles. The van der Waals surface area contributed by atoms with Crippen LogP contribution in [-0.2, 0) is 23.8 Å². The van der Waals surface area contributed by atoms with Gasteiger partial charge in [-0.2, -0.15) is 0 Å². The molecule has 4 N–H and O–H groups in total. The number of carboxylic acids is 1. The third kappa shape index (κ3) is 11.6. The molecule has 0 aliphatic carbocycles. The second-order valence-corrected chi connectivity index (χ2v) is 3.74. The highest BCUT2D eigenvalue weighted by molar-refractivity contribution is 5.77. The summed E-state index contributed by atoms with van der Waals surface area (Å²) in [5.41, 5.74) is 5.27. The predicted octanol–water partition coefficient (Wildman–Crippen LogP) is -1.42. The van der Waals surface area contributed by atoms with Crippen LogP contribution >= 0.6 is 0 Å². The van der Waals surface area contributed by atoms with Crippen LogP contribution in [0.15, 0.2) is 0 Å². The molecule has 0 rings (SSSR count). The van der Waals surface area contributed by atoms with E-state index >= 15 is 0 Å². The molecule has 8 heteroatoms. The Hall–Kier alpha value is -1.22. The number of hydrogen-bond acceptors (Lipinski definition) is 6. The van der Waals surface area contributed by atoms with Gasteiger partial charge in [-0.3, -0.25) is 9.59 Å². The monoisotopic (exact) mass is 278 g/mol. The maximum absolute atomic E-state index is 11.2. The maximum atomic E-state index is 11.2. The second kappa shape index (κ2) is 11.8. The number of nitrogens with one attached hydrogen (secondary N) is 1. The number of methoxy groups -OCH3 is 1. The van der Waals surface area contributed by atoms with Gasteiger partial charge in [-0.05, 0) is 6.42 Å². The number of amides is 1. The van der Waals surface area contributed by atoms with Gasteiger partial charge in [-0.1, -0.05) is 0 Å². The number of rotatable bonds is 12. The third-order valence-electron chi connectivity index (χ3n) is 2.13. The molecule has 1 amide bonds. The van der Waals surface area contributed by atoms with Crippen molar-refractivity contribution in [3.8, 4) is 0 Å². The first kappa shape index (κ1) is 17.8. The molecule has 0 aromatic heterocycles. The van der Waals surface area contributed by atoms with Crippen molar-refractivity contribution in [2.24, 2.45) is 5.73 Å². The molecule has 112 valence electrons. The number of carbonyl (C=O) groups is 2. The quantitative estimate of drug-likeness (QED) is 0.375. The zero-order chi connectivity index (χ0) is 14.5. The van der Waals surface area contributed by atoms with E-state index < -0.39 is 12.0 Å². The zero-order valence-electron chi connectivity index (χ0n) is 11.1. The van der Waals surface area contributed by atoms with Crippen molar-refractivity contribution in [2.75, 3.05) is 46.7 Å². The molecular weight excluding hydrogens is 256 g/mol. The fraction of sp³-hybridized carbons (Fsp3) is 0.818. The zero-order valence-corrected chi connectivity index (χ0v) is 11.1. The lowest BCUT2D eigenvalue weighted by molar-refractivity contribution is -0.138. The molecule has 0 fully saturated rings. The Balaban J connectivity index is 3.33. The van der Waals surface area contributed by atoms with Gasteiger partial charge in [0.05, 0.1) is 26.4 Å². The van der Waals surface area contributed by atoms with E-state index in [1.807, 2.05) is 0 Å². The lowest BCUT2D eigenvalue weighted by Gasteiger charge is -2.08. The fourth-order valence-corrected chi connectivity index (χ4v) is 1.07. The van der Waals surface area contributed by atoms with Crippen LogP contribution < -0.4 is 11.1 Å². The van der Waals surface area contributed by atoms with Crippen molar-refractivity contribution in [2.45, 2.75) is 12.5 Å². The van der Waals surface area contributed by atoms with E-state index in [0.717, 1.165) is 0 Å². The summed E-state index contributed by atoms with van der Waals surface area (Å²) < 4.78 is 15.0. The number of nitrogens with two attached hydrogens (primary N) is 1. The Morgan fingerprint density at radius 2 is 1.84 bits per heavy atom. The minimum atomic E-state index is -1.08. The second-order valence-electron chi connectivity index (χ2n) is 3.74. The summed E-state index contributed by atoms with van der Waals surface area (Å²) in [5, 5.41) is 11.0. The van der Waals surface area contributed by atoms with E-state index in [1.54, 1.807) is 7.11 Å². The minimum absolute atomic E-state index is 0.0874. The molecule has 8 nitrogen and oxygen atoms in total. The first-order valence-corrected chi connectivity index (χ1v) is 5.97. The first-order chi connectivity index (χ1) is 9.07. The van der Waals surface area contributed by atoms with Crippen LogP contribution in [-0.4, -0.2) is 69.7 Å². The van der Waals surface area contributed by atoms with Gasteiger partial charge in [0.1, 0.15) is 12.6 Å². The predicted molar refractivity (Wildman–Crippen MR) is 66.8 cm³/mol. The molecule has 0 saturated heterocycles. The number of hydrogen-bond donors (Lipinski definition) is 3. The lowest BCUT2D eigenvalue weighted by Crippen LogP contribution is -2.36. The Kier molecular flexibility index (Phi) is 11.1. The minimum Gasteiger partial charge on any atom is -0.480 e. The summed E-state index contributed by atoms with van der Waals surface area (Å²) in [7, 11) is 1.58. The van der Waals surface area contributed by atoms with Crippen molar-refractivity contribution in [3.63, 3.8) is 0 Å². The van der Waals surface area contributed by atoms with Crippen LogP contribution in [0.4, 0.5) is 0 Å². The molecular formula is C11H22N2O6. The molecule has 0 saturated carbocycles. The lowest BCUT2D eigenvalue weighted by atomic mass is 10.2. The van der Waals surface area contributed by atoms with Crippen molar-refractivity contribution >= 4 is 11.9 Å². The van der Waals surface area contributed by atoms with Crippen molar-refractivity contribution in [3.05, 3.63) is 0 Å². The Bertz CT molecular complexity index is 262. The van der Waals surface area contributed by atoms with E-state index in [2.05, 4.69) is 5.32 Å². The average Bonchev–Trinajstić information content (AvgIpc) is 2.37.